The standard InChI is InChI=1S/C29H33ClFN3O3/c30-25-12-6-19(16-23(25)27-22(29(33)36)11-13-26(28(27)31)37-15-14-35)24(18-4-2-1-3-5-18)17-34-21-9-7-20(32)8-10-21/h1-6,11-13,16,20-21,24,34-35H,7-10,14-15,17,32H2,(H2,33,36). The predicted octanol–water partition coefficient (Wildman–Crippen LogP) is 4.61. The van der Waals surface area contributed by atoms with E-state index in [1.807, 2.05) is 30.3 Å². The van der Waals surface area contributed by atoms with Gasteiger partial charge in [-0.2, -0.15) is 0 Å². The molecule has 1 saturated carbocycles. The summed E-state index contributed by atoms with van der Waals surface area (Å²) in [5, 5.41) is 13.1. The van der Waals surface area contributed by atoms with Crippen molar-refractivity contribution in [2.45, 2.75) is 43.7 Å². The normalized spacial score (nSPS) is 18.4. The molecule has 0 bridgehead atoms. The van der Waals surface area contributed by atoms with Crippen LogP contribution in [0.3, 0.4) is 0 Å². The van der Waals surface area contributed by atoms with Gasteiger partial charge in [-0.25, -0.2) is 4.39 Å². The molecular weight excluding hydrogens is 493 g/mol. The van der Waals surface area contributed by atoms with Crippen LogP contribution in [-0.2, 0) is 0 Å². The largest absolute Gasteiger partial charge is 0.488 e. The number of hydrogen-bond donors (Lipinski definition) is 4. The zero-order chi connectivity index (χ0) is 26.4. The molecule has 3 aromatic rings. The number of aliphatic hydroxyl groups excluding tert-OH is 1. The van der Waals surface area contributed by atoms with E-state index in [2.05, 4.69) is 17.4 Å². The summed E-state index contributed by atoms with van der Waals surface area (Å²) in [4.78, 5) is 12.2. The SMILES string of the molecule is NC(=O)c1ccc(OCCO)c(F)c1-c1cc(C(CNC2CCC(N)CC2)c2ccccc2)ccc1Cl. The first-order chi connectivity index (χ1) is 17.9. The van der Waals surface area contributed by atoms with Gasteiger partial charge in [-0.3, -0.25) is 4.79 Å². The van der Waals surface area contributed by atoms with Crippen molar-refractivity contribution >= 4 is 17.5 Å². The average Bonchev–Trinajstić information content (AvgIpc) is 2.90. The number of primary amides is 1. The van der Waals surface area contributed by atoms with Crippen LogP contribution in [-0.4, -0.2) is 42.9 Å². The molecule has 1 aliphatic carbocycles. The molecule has 0 aromatic heterocycles. The summed E-state index contributed by atoms with van der Waals surface area (Å²) < 4.78 is 21.0. The first-order valence-electron chi connectivity index (χ1n) is 12.6. The van der Waals surface area contributed by atoms with Crippen molar-refractivity contribution < 1.29 is 19.0 Å². The van der Waals surface area contributed by atoms with E-state index < -0.39 is 11.7 Å². The number of benzene rings is 3. The lowest BCUT2D eigenvalue weighted by atomic mass is 9.87. The van der Waals surface area contributed by atoms with E-state index in [0.717, 1.165) is 36.8 Å². The van der Waals surface area contributed by atoms with Gasteiger partial charge in [0.2, 0.25) is 5.91 Å². The second kappa shape index (κ2) is 12.5. The Morgan fingerprint density at radius 2 is 1.81 bits per heavy atom. The van der Waals surface area contributed by atoms with Crippen molar-refractivity contribution in [1.82, 2.24) is 5.32 Å². The van der Waals surface area contributed by atoms with Gasteiger partial charge >= 0.3 is 0 Å². The van der Waals surface area contributed by atoms with E-state index >= 15 is 4.39 Å². The molecule has 1 atom stereocenters. The maximum atomic E-state index is 15.7. The second-order valence-corrected chi connectivity index (χ2v) is 9.87. The monoisotopic (exact) mass is 525 g/mol. The molecule has 37 heavy (non-hydrogen) atoms. The van der Waals surface area contributed by atoms with Gasteiger partial charge in [0.15, 0.2) is 11.6 Å². The van der Waals surface area contributed by atoms with E-state index in [1.54, 1.807) is 6.07 Å². The quantitative estimate of drug-likeness (QED) is 0.309. The Morgan fingerprint density at radius 3 is 2.49 bits per heavy atom. The number of amides is 1. The van der Waals surface area contributed by atoms with Crippen molar-refractivity contribution in [2.24, 2.45) is 11.5 Å². The molecule has 0 spiro atoms. The van der Waals surface area contributed by atoms with Gasteiger partial charge < -0.3 is 26.6 Å². The Labute approximate surface area is 221 Å². The van der Waals surface area contributed by atoms with Crippen molar-refractivity contribution in [2.75, 3.05) is 19.8 Å². The molecule has 6 nitrogen and oxygen atoms in total. The fourth-order valence-corrected chi connectivity index (χ4v) is 5.18. The van der Waals surface area contributed by atoms with Crippen molar-refractivity contribution in [3.8, 4) is 16.9 Å². The Morgan fingerprint density at radius 1 is 1.08 bits per heavy atom. The van der Waals surface area contributed by atoms with Gasteiger partial charge in [0.25, 0.3) is 0 Å². The summed E-state index contributed by atoms with van der Waals surface area (Å²) in [6.07, 6.45) is 4.07. The van der Waals surface area contributed by atoms with Crippen LogP contribution < -0.4 is 21.5 Å². The molecule has 0 aliphatic heterocycles. The summed E-state index contributed by atoms with van der Waals surface area (Å²) in [5.41, 5.74) is 14.0. The molecule has 3 aromatic carbocycles. The van der Waals surface area contributed by atoms with Crippen molar-refractivity contribution in [1.29, 1.82) is 0 Å². The molecule has 4 rings (SSSR count). The van der Waals surface area contributed by atoms with Gasteiger partial charge in [0.1, 0.15) is 6.61 Å². The number of carbonyl (C=O) groups excluding carboxylic acids is 1. The highest BCUT2D eigenvalue weighted by atomic mass is 35.5. The number of halogens is 2. The number of nitrogens with two attached hydrogens (primary N) is 2. The van der Waals surface area contributed by atoms with E-state index in [4.69, 9.17) is 32.9 Å². The molecule has 1 aliphatic rings. The van der Waals surface area contributed by atoms with E-state index in [1.165, 1.54) is 12.1 Å². The molecule has 196 valence electrons. The van der Waals surface area contributed by atoms with E-state index in [0.29, 0.717) is 18.2 Å². The van der Waals surface area contributed by atoms with E-state index in [-0.39, 0.29) is 47.1 Å². The maximum Gasteiger partial charge on any atom is 0.249 e. The van der Waals surface area contributed by atoms with Crippen LogP contribution in [0.2, 0.25) is 5.02 Å². The fraction of sp³-hybridized carbons (Fsp3) is 0.345. The summed E-state index contributed by atoms with van der Waals surface area (Å²) in [5.74, 6) is -1.66. The van der Waals surface area contributed by atoms with Gasteiger partial charge in [-0.05, 0) is 61.1 Å². The minimum absolute atomic E-state index is 0.000768. The smallest absolute Gasteiger partial charge is 0.249 e. The van der Waals surface area contributed by atoms with Crippen LogP contribution in [0.15, 0.2) is 60.7 Å². The molecule has 0 heterocycles. The van der Waals surface area contributed by atoms with Crippen molar-refractivity contribution in [3.63, 3.8) is 0 Å². The van der Waals surface area contributed by atoms with Gasteiger partial charge in [-0.15, -0.1) is 0 Å². The molecule has 1 fully saturated rings. The lowest BCUT2D eigenvalue weighted by Gasteiger charge is -2.29. The third kappa shape index (κ3) is 6.48. The predicted molar refractivity (Wildman–Crippen MR) is 144 cm³/mol. The molecule has 0 radical (unpaired) electrons. The minimum Gasteiger partial charge on any atom is -0.488 e. The molecule has 6 N–H and O–H groups in total. The Bertz CT molecular complexity index is 1220. The zero-order valence-electron chi connectivity index (χ0n) is 20.6. The summed E-state index contributed by atoms with van der Waals surface area (Å²) in [7, 11) is 0. The second-order valence-electron chi connectivity index (χ2n) is 9.46. The molecule has 1 amide bonds. The maximum absolute atomic E-state index is 15.7. The van der Waals surface area contributed by atoms with Gasteiger partial charge in [0, 0.05) is 40.7 Å². The lowest BCUT2D eigenvalue weighted by Crippen LogP contribution is -2.39. The third-order valence-corrected chi connectivity index (χ3v) is 7.30. The van der Waals surface area contributed by atoms with Crippen LogP contribution in [0.1, 0.15) is 53.1 Å². The third-order valence-electron chi connectivity index (χ3n) is 6.97. The lowest BCUT2D eigenvalue weighted by molar-refractivity contribution is 0.100. The topological polar surface area (TPSA) is 111 Å². The number of nitrogens with one attached hydrogen (secondary N) is 1. The zero-order valence-corrected chi connectivity index (χ0v) is 21.4. The first kappa shape index (κ1) is 27.1. The van der Waals surface area contributed by atoms with Crippen molar-refractivity contribution in [3.05, 3.63) is 88.2 Å². The summed E-state index contributed by atoms with van der Waals surface area (Å²) in [6, 6.07) is 19.0. The molecule has 8 heteroatoms. The van der Waals surface area contributed by atoms with Crippen LogP contribution in [0.5, 0.6) is 5.75 Å². The average molecular weight is 526 g/mol. The Balaban J connectivity index is 1.74. The van der Waals surface area contributed by atoms with Gasteiger partial charge in [-0.1, -0.05) is 48.0 Å². The minimum atomic E-state index is -0.777. The number of ether oxygens (including phenoxy) is 1. The summed E-state index contributed by atoms with van der Waals surface area (Å²) in [6.45, 7) is 0.310. The number of aliphatic hydroxyl groups is 1. The highest BCUT2D eigenvalue weighted by Crippen LogP contribution is 2.39. The summed E-state index contributed by atoms with van der Waals surface area (Å²) >= 11 is 6.57. The molecule has 1 unspecified atom stereocenters. The van der Waals surface area contributed by atoms with Crippen LogP contribution in [0.25, 0.3) is 11.1 Å². The Hall–Kier alpha value is -2.97. The van der Waals surface area contributed by atoms with E-state index in [9.17, 15) is 4.79 Å². The van der Waals surface area contributed by atoms with Crippen LogP contribution >= 0.6 is 11.6 Å². The van der Waals surface area contributed by atoms with Gasteiger partial charge in [0.05, 0.1) is 12.2 Å². The number of carbonyl (C=O) groups is 1. The van der Waals surface area contributed by atoms with Crippen LogP contribution in [0.4, 0.5) is 4.39 Å². The highest BCUT2D eigenvalue weighted by Gasteiger charge is 2.25. The van der Waals surface area contributed by atoms with Crippen LogP contribution in [0, 0.1) is 5.82 Å². The first-order valence-corrected chi connectivity index (χ1v) is 13.0. The number of rotatable bonds is 10. The molecule has 0 saturated heterocycles. The number of hydrogen-bond acceptors (Lipinski definition) is 5. The Kier molecular flexibility index (Phi) is 9.16. The molecular formula is C29H33ClFN3O3. The fourth-order valence-electron chi connectivity index (χ4n) is 4.97. The highest BCUT2D eigenvalue weighted by molar-refractivity contribution is 6.33.